The molecule has 104 valence electrons. The van der Waals surface area contributed by atoms with E-state index in [2.05, 4.69) is 33.5 Å². The molecule has 0 aliphatic carbocycles. The molecule has 20 heavy (non-hydrogen) atoms. The summed E-state index contributed by atoms with van der Waals surface area (Å²) in [5.41, 5.74) is 1.80. The van der Waals surface area contributed by atoms with Crippen LogP contribution in [0.4, 0.5) is 0 Å². The lowest BCUT2D eigenvalue weighted by Gasteiger charge is -2.12. The van der Waals surface area contributed by atoms with Crippen LogP contribution in [0.1, 0.15) is 5.76 Å². The molecule has 0 unspecified atom stereocenters. The molecule has 0 amide bonds. The van der Waals surface area contributed by atoms with E-state index in [9.17, 15) is 0 Å². The summed E-state index contributed by atoms with van der Waals surface area (Å²) in [4.78, 5) is 11.3. The van der Waals surface area contributed by atoms with Crippen LogP contribution >= 0.6 is 0 Å². The van der Waals surface area contributed by atoms with Gasteiger partial charge in [0.1, 0.15) is 11.3 Å². The van der Waals surface area contributed by atoms with Crippen molar-refractivity contribution < 1.29 is 4.42 Å². The monoisotopic (exact) mass is 270 g/mol. The average Bonchev–Trinajstić information content (AvgIpc) is 2.99. The molecule has 3 aromatic heterocycles. The zero-order valence-electron chi connectivity index (χ0n) is 12.0. The zero-order chi connectivity index (χ0) is 14.1. The second kappa shape index (κ2) is 5.09. The van der Waals surface area contributed by atoms with Crippen molar-refractivity contribution in [1.82, 2.24) is 19.4 Å². The van der Waals surface area contributed by atoms with Crippen LogP contribution in [0, 0.1) is 6.92 Å². The molecule has 3 heterocycles. The topological polar surface area (TPSA) is 47.1 Å². The van der Waals surface area contributed by atoms with Gasteiger partial charge in [-0.25, -0.2) is 9.97 Å². The van der Waals surface area contributed by atoms with Gasteiger partial charge in [-0.1, -0.05) is 0 Å². The van der Waals surface area contributed by atoms with Gasteiger partial charge in [-0.15, -0.1) is 0 Å². The Hall–Kier alpha value is -2.14. The molecule has 0 spiro atoms. The fourth-order valence-electron chi connectivity index (χ4n) is 2.21. The number of hydrogen-bond donors (Lipinski definition) is 0. The van der Waals surface area contributed by atoms with Crippen molar-refractivity contribution in [1.29, 1.82) is 0 Å². The second-order valence-electron chi connectivity index (χ2n) is 5.15. The lowest BCUT2D eigenvalue weighted by molar-refractivity contribution is 0.386. The van der Waals surface area contributed by atoms with Crippen LogP contribution in [0.3, 0.4) is 0 Å². The summed E-state index contributed by atoms with van der Waals surface area (Å²) >= 11 is 0. The molecule has 0 aliphatic rings. The highest BCUT2D eigenvalue weighted by atomic mass is 16.3. The van der Waals surface area contributed by atoms with Gasteiger partial charge in [0.25, 0.3) is 0 Å². The maximum atomic E-state index is 5.72. The van der Waals surface area contributed by atoms with Crippen LogP contribution < -0.4 is 0 Å². The second-order valence-corrected chi connectivity index (χ2v) is 5.15. The summed E-state index contributed by atoms with van der Waals surface area (Å²) in [6, 6.07) is 7.80. The van der Waals surface area contributed by atoms with Crippen LogP contribution in [-0.2, 0) is 6.54 Å². The number of pyridine rings is 1. The Morgan fingerprint density at radius 3 is 2.80 bits per heavy atom. The first-order chi connectivity index (χ1) is 9.65. The highest BCUT2D eigenvalue weighted by molar-refractivity contribution is 5.75. The number of aryl methyl sites for hydroxylation is 1. The van der Waals surface area contributed by atoms with E-state index >= 15 is 0 Å². The molecule has 5 nitrogen and oxygen atoms in total. The van der Waals surface area contributed by atoms with Gasteiger partial charge < -0.3 is 13.9 Å². The van der Waals surface area contributed by atoms with Crippen LogP contribution in [0.25, 0.3) is 22.7 Å². The number of furan rings is 1. The number of imidazole rings is 1. The molecular weight excluding hydrogens is 252 g/mol. The van der Waals surface area contributed by atoms with E-state index in [1.165, 1.54) is 0 Å². The SMILES string of the molecule is Cc1ccc(-c2nc3cccnc3n2CCN(C)C)o1. The highest BCUT2D eigenvalue weighted by Crippen LogP contribution is 2.25. The van der Waals surface area contributed by atoms with Crippen molar-refractivity contribution in [3.63, 3.8) is 0 Å². The van der Waals surface area contributed by atoms with E-state index in [4.69, 9.17) is 4.42 Å². The van der Waals surface area contributed by atoms with Crippen molar-refractivity contribution in [2.75, 3.05) is 20.6 Å². The Morgan fingerprint density at radius 1 is 1.25 bits per heavy atom. The molecule has 0 saturated carbocycles. The summed E-state index contributed by atoms with van der Waals surface area (Å²) in [5, 5.41) is 0. The number of nitrogens with zero attached hydrogens (tertiary/aromatic N) is 4. The van der Waals surface area contributed by atoms with E-state index < -0.39 is 0 Å². The lowest BCUT2D eigenvalue weighted by atomic mass is 10.4. The van der Waals surface area contributed by atoms with Crippen molar-refractivity contribution >= 4 is 11.2 Å². The number of aromatic nitrogens is 3. The predicted octanol–water partition coefficient (Wildman–Crippen LogP) is 2.56. The normalized spacial score (nSPS) is 11.6. The minimum Gasteiger partial charge on any atom is -0.458 e. The van der Waals surface area contributed by atoms with Crippen molar-refractivity contribution in [2.24, 2.45) is 0 Å². The average molecular weight is 270 g/mol. The first kappa shape index (κ1) is 12.9. The van der Waals surface area contributed by atoms with E-state index in [0.29, 0.717) is 0 Å². The van der Waals surface area contributed by atoms with Gasteiger partial charge >= 0.3 is 0 Å². The summed E-state index contributed by atoms with van der Waals surface area (Å²) < 4.78 is 7.84. The molecule has 0 aromatic carbocycles. The van der Waals surface area contributed by atoms with Crippen molar-refractivity contribution in [3.05, 3.63) is 36.2 Å². The largest absolute Gasteiger partial charge is 0.458 e. The fraction of sp³-hybridized carbons (Fsp3) is 0.333. The number of fused-ring (bicyclic) bond motifs is 1. The summed E-state index contributed by atoms with van der Waals surface area (Å²) in [5.74, 6) is 2.52. The fourth-order valence-corrected chi connectivity index (χ4v) is 2.21. The minimum absolute atomic E-state index is 0.791. The molecule has 0 radical (unpaired) electrons. The maximum Gasteiger partial charge on any atom is 0.178 e. The Labute approximate surface area is 117 Å². The zero-order valence-corrected chi connectivity index (χ0v) is 12.0. The summed E-state index contributed by atoms with van der Waals surface area (Å²) in [7, 11) is 4.12. The van der Waals surface area contributed by atoms with Gasteiger partial charge in [0.2, 0.25) is 0 Å². The molecule has 5 heteroatoms. The minimum atomic E-state index is 0.791. The molecule has 0 bridgehead atoms. The van der Waals surface area contributed by atoms with Gasteiger partial charge in [0.05, 0.1) is 0 Å². The van der Waals surface area contributed by atoms with Crippen LogP contribution in [0.5, 0.6) is 0 Å². The number of hydrogen-bond acceptors (Lipinski definition) is 4. The van der Waals surface area contributed by atoms with Crippen molar-refractivity contribution in [2.45, 2.75) is 13.5 Å². The van der Waals surface area contributed by atoms with E-state index in [0.717, 1.165) is 41.6 Å². The smallest absolute Gasteiger partial charge is 0.178 e. The molecule has 3 aromatic rings. The van der Waals surface area contributed by atoms with E-state index in [1.54, 1.807) is 6.20 Å². The standard InChI is InChI=1S/C15H18N4O/c1-11-6-7-13(20-11)15-17-12-5-4-8-16-14(12)19(15)10-9-18(2)3/h4-8H,9-10H2,1-3H3. The van der Waals surface area contributed by atoms with Gasteiger partial charge in [-0.2, -0.15) is 0 Å². The Kier molecular flexibility index (Phi) is 3.28. The maximum absolute atomic E-state index is 5.72. The third kappa shape index (κ3) is 2.32. The first-order valence-corrected chi connectivity index (χ1v) is 6.68. The van der Waals surface area contributed by atoms with E-state index in [-0.39, 0.29) is 0 Å². The predicted molar refractivity (Wildman–Crippen MR) is 78.5 cm³/mol. The van der Waals surface area contributed by atoms with Crippen LogP contribution in [-0.4, -0.2) is 40.1 Å². The Morgan fingerprint density at radius 2 is 2.10 bits per heavy atom. The molecular formula is C15H18N4O. The van der Waals surface area contributed by atoms with Crippen molar-refractivity contribution in [3.8, 4) is 11.6 Å². The Bertz CT molecular complexity index is 726. The van der Waals surface area contributed by atoms with Crippen LogP contribution in [0.15, 0.2) is 34.9 Å². The van der Waals surface area contributed by atoms with Gasteiger partial charge in [0, 0.05) is 19.3 Å². The number of rotatable bonds is 4. The third-order valence-corrected chi connectivity index (χ3v) is 3.24. The first-order valence-electron chi connectivity index (χ1n) is 6.68. The molecule has 0 aliphatic heterocycles. The molecule has 0 fully saturated rings. The van der Waals surface area contributed by atoms with Gasteiger partial charge in [-0.05, 0) is 45.3 Å². The van der Waals surface area contributed by atoms with Crippen LogP contribution in [0.2, 0.25) is 0 Å². The summed E-state index contributed by atoms with van der Waals surface area (Å²) in [6.07, 6.45) is 1.80. The number of likely N-dealkylation sites (N-methyl/N-ethyl adjacent to an activating group) is 1. The molecule has 0 atom stereocenters. The molecule has 0 saturated heterocycles. The molecule has 0 N–H and O–H groups in total. The quantitative estimate of drug-likeness (QED) is 0.731. The van der Waals surface area contributed by atoms with Gasteiger partial charge in [-0.3, -0.25) is 0 Å². The summed E-state index contributed by atoms with van der Waals surface area (Å²) in [6.45, 7) is 3.69. The van der Waals surface area contributed by atoms with E-state index in [1.807, 2.05) is 31.2 Å². The Balaban J connectivity index is 2.12. The lowest BCUT2D eigenvalue weighted by Crippen LogP contribution is -2.19. The van der Waals surface area contributed by atoms with Gasteiger partial charge in [0.15, 0.2) is 17.2 Å². The molecule has 3 rings (SSSR count). The highest BCUT2D eigenvalue weighted by Gasteiger charge is 2.15. The third-order valence-electron chi connectivity index (χ3n) is 3.24.